The van der Waals surface area contributed by atoms with Crippen molar-refractivity contribution in [3.05, 3.63) is 23.8 Å². The first-order valence-corrected chi connectivity index (χ1v) is 8.92. The van der Waals surface area contributed by atoms with Gasteiger partial charge in [-0.05, 0) is 57.7 Å². The third-order valence-electron chi connectivity index (χ3n) is 4.54. The van der Waals surface area contributed by atoms with Crippen molar-refractivity contribution in [3.8, 4) is 11.5 Å². The second-order valence-corrected chi connectivity index (χ2v) is 7.23. The monoisotopic (exact) mass is 363 g/mol. The van der Waals surface area contributed by atoms with Crippen molar-refractivity contribution in [1.29, 1.82) is 0 Å². The van der Waals surface area contributed by atoms with E-state index in [-0.39, 0.29) is 24.5 Å². The molecule has 0 radical (unpaired) electrons. The zero-order valence-electron chi connectivity index (χ0n) is 15.9. The first kappa shape index (κ1) is 20.0. The van der Waals surface area contributed by atoms with Gasteiger partial charge in [0.15, 0.2) is 18.1 Å². The van der Waals surface area contributed by atoms with E-state index in [1.165, 1.54) is 7.11 Å². The van der Waals surface area contributed by atoms with Crippen molar-refractivity contribution in [2.45, 2.75) is 45.2 Å². The standard InChI is InChI=1S/C19H29N3O4/c1-12(2)21-17(23)10-26-15-8-5-13(9-16(15)25-4)18(24)22-19(3,11-20)14-6-7-14/h5,8-9,12,14H,6-7,10-11,20H2,1-4H3,(H,21,23)(H,22,24). The molecule has 4 N–H and O–H groups in total. The topological polar surface area (TPSA) is 103 Å². The Labute approximate surface area is 154 Å². The molecule has 1 atom stereocenters. The van der Waals surface area contributed by atoms with Gasteiger partial charge in [0.2, 0.25) is 0 Å². The molecular weight excluding hydrogens is 334 g/mol. The van der Waals surface area contributed by atoms with Gasteiger partial charge >= 0.3 is 0 Å². The minimum atomic E-state index is -0.394. The van der Waals surface area contributed by atoms with Crippen LogP contribution in [0.25, 0.3) is 0 Å². The number of hydrogen-bond donors (Lipinski definition) is 3. The van der Waals surface area contributed by atoms with E-state index in [0.717, 1.165) is 12.8 Å². The van der Waals surface area contributed by atoms with Gasteiger partial charge in [-0.3, -0.25) is 9.59 Å². The van der Waals surface area contributed by atoms with Gasteiger partial charge in [0.25, 0.3) is 11.8 Å². The van der Waals surface area contributed by atoms with Crippen LogP contribution in [0.15, 0.2) is 18.2 Å². The molecule has 7 heteroatoms. The predicted molar refractivity (Wildman–Crippen MR) is 99.4 cm³/mol. The summed E-state index contributed by atoms with van der Waals surface area (Å²) < 4.78 is 10.8. The highest BCUT2D eigenvalue weighted by Gasteiger charge is 2.41. The van der Waals surface area contributed by atoms with E-state index in [9.17, 15) is 9.59 Å². The van der Waals surface area contributed by atoms with Crippen LogP contribution in [0.3, 0.4) is 0 Å². The Bertz CT molecular complexity index is 658. The van der Waals surface area contributed by atoms with Crippen LogP contribution in [-0.2, 0) is 4.79 Å². The van der Waals surface area contributed by atoms with Gasteiger partial charge in [-0.1, -0.05) is 0 Å². The molecule has 0 spiro atoms. The van der Waals surface area contributed by atoms with Crippen LogP contribution >= 0.6 is 0 Å². The number of ether oxygens (including phenoxy) is 2. The molecule has 144 valence electrons. The Morgan fingerprint density at radius 2 is 2.00 bits per heavy atom. The Morgan fingerprint density at radius 1 is 1.31 bits per heavy atom. The summed E-state index contributed by atoms with van der Waals surface area (Å²) in [6, 6.07) is 4.93. The van der Waals surface area contributed by atoms with Gasteiger partial charge in [-0.25, -0.2) is 0 Å². The van der Waals surface area contributed by atoms with Crippen molar-refractivity contribution >= 4 is 11.8 Å². The smallest absolute Gasteiger partial charge is 0.258 e. The van der Waals surface area contributed by atoms with Crippen LogP contribution in [0.4, 0.5) is 0 Å². The number of rotatable bonds is 9. The first-order chi connectivity index (χ1) is 12.3. The molecule has 1 aliphatic carbocycles. The molecule has 0 heterocycles. The lowest BCUT2D eigenvalue weighted by Gasteiger charge is -2.29. The highest BCUT2D eigenvalue weighted by molar-refractivity contribution is 5.95. The number of nitrogens with one attached hydrogen (secondary N) is 2. The second kappa shape index (κ2) is 8.40. The predicted octanol–water partition coefficient (Wildman–Crippen LogP) is 1.46. The average Bonchev–Trinajstić information content (AvgIpc) is 3.44. The number of benzene rings is 1. The fraction of sp³-hybridized carbons (Fsp3) is 0.579. The number of carbonyl (C=O) groups excluding carboxylic acids is 2. The molecule has 0 aliphatic heterocycles. The van der Waals surface area contributed by atoms with E-state index in [4.69, 9.17) is 15.2 Å². The lowest BCUT2D eigenvalue weighted by Crippen LogP contribution is -2.53. The number of amides is 2. The zero-order valence-corrected chi connectivity index (χ0v) is 15.9. The Balaban J connectivity index is 2.05. The summed E-state index contributed by atoms with van der Waals surface area (Å²) in [5.41, 5.74) is 5.92. The third-order valence-corrected chi connectivity index (χ3v) is 4.54. The highest BCUT2D eigenvalue weighted by Crippen LogP contribution is 2.39. The molecular formula is C19H29N3O4. The summed E-state index contributed by atoms with van der Waals surface area (Å²) in [7, 11) is 1.49. The maximum Gasteiger partial charge on any atom is 0.258 e. The summed E-state index contributed by atoms with van der Waals surface area (Å²) in [5, 5.41) is 5.79. The minimum absolute atomic E-state index is 0.0439. The van der Waals surface area contributed by atoms with Crippen LogP contribution < -0.4 is 25.8 Å². The molecule has 0 aromatic heterocycles. The molecule has 1 aromatic rings. The Morgan fingerprint density at radius 3 is 2.54 bits per heavy atom. The van der Waals surface area contributed by atoms with Crippen molar-refractivity contribution in [1.82, 2.24) is 10.6 Å². The second-order valence-electron chi connectivity index (χ2n) is 7.23. The van der Waals surface area contributed by atoms with E-state index in [0.29, 0.717) is 29.5 Å². The summed E-state index contributed by atoms with van der Waals surface area (Å²) in [5.74, 6) is 0.822. The Hall–Kier alpha value is -2.28. The van der Waals surface area contributed by atoms with Crippen LogP contribution in [-0.4, -0.2) is 43.7 Å². The average molecular weight is 363 g/mol. The van der Waals surface area contributed by atoms with Crippen molar-refractivity contribution in [2.75, 3.05) is 20.3 Å². The number of methoxy groups -OCH3 is 1. The summed E-state index contributed by atoms with van der Waals surface area (Å²) >= 11 is 0. The quantitative estimate of drug-likeness (QED) is 0.616. The van der Waals surface area contributed by atoms with Gasteiger partial charge in [-0.15, -0.1) is 0 Å². The summed E-state index contributed by atoms with van der Waals surface area (Å²) in [4.78, 5) is 24.3. The molecule has 1 aromatic carbocycles. The molecule has 2 rings (SSSR count). The highest BCUT2D eigenvalue weighted by atomic mass is 16.5. The molecule has 2 amide bonds. The van der Waals surface area contributed by atoms with Crippen molar-refractivity contribution < 1.29 is 19.1 Å². The number of nitrogens with two attached hydrogens (primary N) is 1. The van der Waals surface area contributed by atoms with E-state index >= 15 is 0 Å². The van der Waals surface area contributed by atoms with Crippen LogP contribution in [0.1, 0.15) is 44.0 Å². The van der Waals surface area contributed by atoms with E-state index < -0.39 is 5.54 Å². The molecule has 0 bridgehead atoms. The SMILES string of the molecule is COc1cc(C(=O)NC(C)(CN)C2CC2)ccc1OCC(=O)NC(C)C. The zero-order chi connectivity index (χ0) is 19.3. The van der Waals surface area contributed by atoms with E-state index in [1.807, 2.05) is 20.8 Å². The molecule has 0 saturated heterocycles. The van der Waals surface area contributed by atoms with Gasteiger partial charge in [0.05, 0.1) is 12.6 Å². The molecule has 7 nitrogen and oxygen atoms in total. The third kappa shape index (κ3) is 5.11. The van der Waals surface area contributed by atoms with Crippen LogP contribution in [0.5, 0.6) is 11.5 Å². The lowest BCUT2D eigenvalue weighted by atomic mass is 9.95. The van der Waals surface area contributed by atoms with Gasteiger partial charge in [-0.2, -0.15) is 0 Å². The minimum Gasteiger partial charge on any atom is -0.493 e. The first-order valence-electron chi connectivity index (χ1n) is 8.92. The maximum atomic E-state index is 12.6. The van der Waals surface area contributed by atoms with Crippen molar-refractivity contribution in [3.63, 3.8) is 0 Å². The van der Waals surface area contributed by atoms with Crippen LogP contribution in [0, 0.1) is 5.92 Å². The molecule has 26 heavy (non-hydrogen) atoms. The van der Waals surface area contributed by atoms with Gasteiger partial charge in [0.1, 0.15) is 0 Å². The molecule has 1 fully saturated rings. The number of carbonyl (C=O) groups is 2. The summed E-state index contributed by atoms with van der Waals surface area (Å²) in [6.07, 6.45) is 2.17. The van der Waals surface area contributed by atoms with Crippen LogP contribution in [0.2, 0.25) is 0 Å². The Kier molecular flexibility index (Phi) is 6.47. The van der Waals surface area contributed by atoms with Crippen molar-refractivity contribution in [2.24, 2.45) is 11.7 Å². The summed E-state index contributed by atoms with van der Waals surface area (Å²) in [6.45, 7) is 6.01. The van der Waals surface area contributed by atoms with Gasteiger partial charge < -0.3 is 25.8 Å². The number of hydrogen-bond acceptors (Lipinski definition) is 5. The fourth-order valence-corrected chi connectivity index (χ4v) is 2.81. The normalized spacial score (nSPS) is 15.9. The molecule has 1 unspecified atom stereocenters. The lowest BCUT2D eigenvalue weighted by molar-refractivity contribution is -0.123. The van der Waals surface area contributed by atoms with E-state index in [1.54, 1.807) is 18.2 Å². The largest absolute Gasteiger partial charge is 0.493 e. The van der Waals surface area contributed by atoms with Gasteiger partial charge in [0, 0.05) is 18.2 Å². The fourth-order valence-electron chi connectivity index (χ4n) is 2.81. The molecule has 1 aliphatic rings. The van der Waals surface area contributed by atoms with E-state index in [2.05, 4.69) is 10.6 Å². The maximum absolute atomic E-state index is 12.6. The molecule has 1 saturated carbocycles.